The van der Waals surface area contributed by atoms with Gasteiger partial charge in [-0.2, -0.15) is 16.4 Å². The van der Waals surface area contributed by atoms with Gasteiger partial charge in [0.1, 0.15) is 0 Å². The molecule has 3 N–H and O–H groups in total. The molecule has 0 spiro atoms. The average molecular weight is 632 g/mol. The highest BCUT2D eigenvalue weighted by Gasteiger charge is 1.60. The smallest absolute Gasteiger partial charge is 0.0919 e. The maximum atomic E-state index is 3.78. The lowest BCUT2D eigenvalue weighted by Gasteiger charge is -1.70. The maximum absolute atomic E-state index is 3.78. The van der Waals surface area contributed by atoms with Gasteiger partial charge in [-0.3, -0.25) is 15.1 Å². The van der Waals surface area contributed by atoms with Gasteiger partial charge in [0.15, 0.2) is 0 Å². The van der Waals surface area contributed by atoms with Crippen molar-refractivity contribution in [3.05, 3.63) is 132 Å². The Morgan fingerprint density at radius 2 is 0.977 bits per heavy atom. The average Bonchev–Trinajstić information content (AvgIpc) is 4.00. The molecule has 6 aromatic rings. The molecule has 0 atom stereocenters. The second-order valence-electron chi connectivity index (χ2n) is 4.91. The predicted octanol–water partition coefficient (Wildman–Crippen LogP) is 12.0. The highest BCUT2D eigenvalue weighted by Crippen LogP contribution is 1.91. The number of rotatable bonds is 0. The molecule has 6 rings (SSSR count). The predicted molar refractivity (Wildman–Crippen MR) is 197 cm³/mol. The summed E-state index contributed by atoms with van der Waals surface area (Å²) in [6, 6.07) is 15.5. The molecule has 244 valence electrons. The number of pyridine rings is 1. The molecule has 0 radical (unpaired) electrons. The van der Waals surface area contributed by atoms with E-state index in [0.29, 0.717) is 0 Å². The highest BCUT2D eigenvalue weighted by atomic mass is 32.1. The lowest BCUT2D eigenvalue weighted by molar-refractivity contribution is 1.09. The van der Waals surface area contributed by atoms with Crippen LogP contribution in [0.2, 0.25) is 0 Å². The van der Waals surface area contributed by atoms with Gasteiger partial charge in [0.25, 0.3) is 0 Å². The zero-order chi connectivity index (χ0) is 33.9. The van der Waals surface area contributed by atoms with E-state index < -0.39 is 0 Å². The van der Waals surface area contributed by atoms with Gasteiger partial charge in [-0.1, -0.05) is 101 Å². The van der Waals surface area contributed by atoms with Gasteiger partial charge in [-0.25, -0.2) is 4.98 Å². The summed E-state index contributed by atoms with van der Waals surface area (Å²) in [5.41, 5.74) is 1.79. The Hall–Kier alpha value is -3.82. The molecule has 0 aliphatic heterocycles. The number of nitrogens with one attached hydrogen (secondary N) is 3. The van der Waals surface area contributed by atoms with Crippen LogP contribution in [0.15, 0.2) is 132 Å². The quantitative estimate of drug-likeness (QED) is 0.155. The summed E-state index contributed by atoms with van der Waals surface area (Å²) in [7, 11) is 0. The SMILES string of the molecule is CC.CC.CC.CC.CC.CC.c1c[nH]cn1.c1cc[nH]c1.c1ccncc1.c1ccsc1.c1cn[nH]c1.c1cscn1. The number of thiophene rings is 1. The molecule has 0 aromatic carbocycles. The zero-order valence-electron chi connectivity index (χ0n) is 28.8. The molecule has 6 aromatic heterocycles. The van der Waals surface area contributed by atoms with E-state index >= 15 is 0 Å². The van der Waals surface area contributed by atoms with E-state index in [4.69, 9.17) is 0 Å². The molecular weight excluding hydrogens is 571 g/mol. The van der Waals surface area contributed by atoms with E-state index in [9.17, 15) is 0 Å². The minimum atomic E-state index is 1.60. The highest BCUT2D eigenvalue weighted by molar-refractivity contribution is 7.07. The summed E-state index contributed by atoms with van der Waals surface area (Å²) in [6.07, 6.45) is 17.6. The second kappa shape index (κ2) is 71.4. The van der Waals surface area contributed by atoms with Crippen LogP contribution < -0.4 is 0 Å². The van der Waals surface area contributed by atoms with Crippen LogP contribution in [0.5, 0.6) is 0 Å². The summed E-state index contributed by atoms with van der Waals surface area (Å²) in [4.78, 5) is 16.8. The Labute approximate surface area is 272 Å². The first kappa shape index (κ1) is 51.9. The number of aromatic amines is 3. The van der Waals surface area contributed by atoms with Crippen molar-refractivity contribution in [1.82, 2.24) is 35.1 Å². The number of thiazole rings is 1. The van der Waals surface area contributed by atoms with Crippen molar-refractivity contribution in [2.24, 2.45) is 0 Å². The van der Waals surface area contributed by atoms with Crippen LogP contribution in [0.3, 0.4) is 0 Å². The molecule has 0 fully saturated rings. The molecular formula is C34H61N7S2. The minimum Gasteiger partial charge on any atom is -0.368 e. The third-order valence-electron chi connectivity index (χ3n) is 2.65. The minimum absolute atomic E-state index is 1.60. The van der Waals surface area contributed by atoms with Gasteiger partial charge in [0.2, 0.25) is 0 Å². The summed E-state index contributed by atoms with van der Waals surface area (Å²) in [6.45, 7) is 24.0. The van der Waals surface area contributed by atoms with E-state index in [0.717, 1.165) is 0 Å². The third kappa shape index (κ3) is 67.7. The fraction of sp³-hybridized carbons (Fsp3) is 0.353. The fourth-order valence-electron chi connectivity index (χ4n) is 1.42. The molecule has 6 heterocycles. The van der Waals surface area contributed by atoms with Crippen molar-refractivity contribution in [1.29, 1.82) is 0 Å². The molecule has 0 amide bonds. The number of imidazole rings is 1. The van der Waals surface area contributed by atoms with Crippen LogP contribution in [-0.2, 0) is 0 Å². The van der Waals surface area contributed by atoms with Crippen LogP contribution in [-0.4, -0.2) is 35.1 Å². The number of H-pyrrole nitrogens is 3. The van der Waals surface area contributed by atoms with Crippen molar-refractivity contribution >= 4 is 22.7 Å². The number of hydrogen-bond donors (Lipinski definition) is 3. The van der Waals surface area contributed by atoms with Crippen LogP contribution in [0.4, 0.5) is 0 Å². The second-order valence-corrected chi connectivity index (χ2v) is 6.48. The van der Waals surface area contributed by atoms with E-state index in [1.807, 2.05) is 160 Å². The summed E-state index contributed by atoms with van der Waals surface area (Å²) < 4.78 is 0. The first-order chi connectivity index (χ1) is 21.5. The number of nitrogens with zero attached hydrogens (tertiary/aromatic N) is 4. The molecule has 0 saturated heterocycles. The lowest BCUT2D eigenvalue weighted by Crippen LogP contribution is -1.58. The molecule has 9 heteroatoms. The Balaban J connectivity index is -0.0000000894. The largest absolute Gasteiger partial charge is 0.368 e. The maximum Gasteiger partial charge on any atom is 0.0919 e. The molecule has 0 aliphatic carbocycles. The van der Waals surface area contributed by atoms with Crippen LogP contribution in [0.25, 0.3) is 0 Å². The van der Waals surface area contributed by atoms with Crippen molar-refractivity contribution in [2.45, 2.75) is 83.1 Å². The number of hydrogen-bond acceptors (Lipinski definition) is 6. The fourth-order valence-corrected chi connectivity index (χ4v) is 2.23. The van der Waals surface area contributed by atoms with Crippen molar-refractivity contribution in [3.8, 4) is 0 Å². The summed E-state index contributed by atoms with van der Waals surface area (Å²) in [5, 5.41) is 12.2. The van der Waals surface area contributed by atoms with Crippen LogP contribution in [0, 0.1) is 0 Å². The van der Waals surface area contributed by atoms with Gasteiger partial charge >= 0.3 is 0 Å². The van der Waals surface area contributed by atoms with Crippen LogP contribution in [0.1, 0.15) is 83.1 Å². The van der Waals surface area contributed by atoms with Gasteiger partial charge in [-0.15, -0.1) is 11.3 Å². The molecule has 43 heavy (non-hydrogen) atoms. The van der Waals surface area contributed by atoms with Crippen molar-refractivity contribution in [2.75, 3.05) is 0 Å². The molecule has 0 saturated carbocycles. The molecule has 0 unspecified atom stereocenters. The third-order valence-corrected chi connectivity index (χ3v) is 3.80. The van der Waals surface area contributed by atoms with E-state index in [1.54, 1.807) is 77.9 Å². The Bertz CT molecular complexity index is 661. The van der Waals surface area contributed by atoms with Gasteiger partial charge in [0.05, 0.1) is 11.8 Å². The summed E-state index contributed by atoms with van der Waals surface area (Å²) in [5.74, 6) is 0. The molecule has 0 bridgehead atoms. The first-order valence-corrected chi connectivity index (χ1v) is 17.0. The van der Waals surface area contributed by atoms with Crippen molar-refractivity contribution < 1.29 is 0 Å². The Morgan fingerprint density at radius 1 is 0.395 bits per heavy atom. The van der Waals surface area contributed by atoms with Crippen LogP contribution >= 0.6 is 22.7 Å². The monoisotopic (exact) mass is 631 g/mol. The number of aromatic nitrogens is 7. The van der Waals surface area contributed by atoms with E-state index in [1.165, 1.54) is 0 Å². The Kier molecular flexibility index (Phi) is 86.2. The van der Waals surface area contributed by atoms with Gasteiger partial charge < -0.3 is 9.97 Å². The first-order valence-electron chi connectivity index (χ1n) is 15.1. The lowest BCUT2D eigenvalue weighted by atomic mass is 10.5. The van der Waals surface area contributed by atoms with Gasteiger partial charge in [-0.05, 0) is 41.1 Å². The van der Waals surface area contributed by atoms with E-state index in [-0.39, 0.29) is 0 Å². The van der Waals surface area contributed by atoms with Gasteiger partial charge in [0, 0.05) is 61.2 Å². The topological polar surface area (TPSA) is 98.9 Å². The van der Waals surface area contributed by atoms with Crippen molar-refractivity contribution in [3.63, 3.8) is 0 Å². The summed E-state index contributed by atoms with van der Waals surface area (Å²) >= 11 is 3.31. The van der Waals surface area contributed by atoms with E-state index in [2.05, 4.69) is 35.1 Å². The molecule has 0 aliphatic rings. The standard InChI is InChI=1S/C5H5N.C4H5N.C4H4S.2C3H4N2.C3H3NS.6C2H6/c1-2-4-6-5-3-1;2*1-2-4-5-3-1;1-2-5-3-4-1;1-2-4-5-3-1;1-2-5-3-4-1;6*1-2/h1-5H;1-5H;1-4H;2*1-3H,(H,4,5);1-3H;6*1-2H3. The normalized spacial score (nSPS) is 6.60. The zero-order valence-corrected chi connectivity index (χ0v) is 30.4. The molecule has 7 nitrogen and oxygen atoms in total. The Morgan fingerprint density at radius 3 is 1.12 bits per heavy atom.